The molecule has 0 fully saturated rings. The zero-order chi connectivity index (χ0) is 8.73. The zero-order valence-electron chi connectivity index (χ0n) is 7.37. The van der Waals surface area contributed by atoms with Crippen LogP contribution in [-0.2, 0) is 9.59 Å². The molecule has 0 amide bonds. The maximum atomic E-state index is 9.73. The Kier molecular flexibility index (Phi) is 44.9. The Bertz CT molecular complexity index is 122. The van der Waals surface area contributed by atoms with Crippen molar-refractivity contribution in [3.8, 4) is 0 Å². The van der Waals surface area contributed by atoms with Crippen molar-refractivity contribution in [1.29, 1.82) is 0 Å². The molecule has 0 aromatic carbocycles. The summed E-state index contributed by atoms with van der Waals surface area (Å²) in [6.45, 7) is 0. The smallest absolute Gasteiger partial charge is 0.907 e. The first-order chi connectivity index (χ1) is 4.37. The van der Waals surface area contributed by atoms with Gasteiger partial charge in [0.2, 0.25) is 0 Å². The molecule has 0 aromatic rings. The van der Waals surface area contributed by atoms with Gasteiger partial charge in [-0.05, 0) is 0 Å². The SMILES string of the molecule is O=C(Br)C(=O)I.[Li+].[Li+].[Li+].[O-]B([O-])[O-]. The average molecular weight is 342 g/mol. The number of halogens is 2. The van der Waals surface area contributed by atoms with Gasteiger partial charge in [-0.3, -0.25) is 16.9 Å². The van der Waals surface area contributed by atoms with Gasteiger partial charge in [0.05, 0.1) is 0 Å². The standard InChI is InChI=1S/C2BrIO2.BO3.3Li/c3-1(5)2(4)6;2-1(3)4;;;/q;-3;3*+1. The van der Waals surface area contributed by atoms with Crippen LogP contribution < -0.4 is 71.7 Å². The molecule has 0 spiro atoms. The Morgan fingerprint density at radius 1 is 1.08 bits per heavy atom. The summed E-state index contributed by atoms with van der Waals surface area (Å²) in [7, 11) is -2.92. The number of hydrogen-bond donors (Lipinski definition) is 0. The normalized spacial score (nSPS) is 5.62. The molecule has 0 unspecified atom stereocenters. The van der Waals surface area contributed by atoms with Gasteiger partial charge in [-0.2, -0.15) is 0 Å². The molecule has 0 bridgehead atoms. The van der Waals surface area contributed by atoms with E-state index in [-0.39, 0.29) is 56.6 Å². The summed E-state index contributed by atoms with van der Waals surface area (Å²) < 4.78 is -1.07. The third-order valence-corrected chi connectivity index (χ3v) is 1.75. The second-order valence-electron chi connectivity index (χ2n) is 0.836. The van der Waals surface area contributed by atoms with Crippen molar-refractivity contribution < 1.29 is 81.2 Å². The molecule has 0 N–H and O–H groups in total. The van der Waals surface area contributed by atoms with E-state index in [1.807, 2.05) is 0 Å². The summed E-state index contributed by atoms with van der Waals surface area (Å²) in [5, 5.41) is 25.2. The van der Waals surface area contributed by atoms with Crippen LogP contribution in [0.15, 0.2) is 0 Å². The molecule has 0 saturated heterocycles. The molecule has 58 valence electrons. The molecule has 0 aliphatic rings. The summed E-state index contributed by atoms with van der Waals surface area (Å²) in [6.07, 6.45) is 0. The Hall–Kier alpha value is 2.29. The Morgan fingerprint density at radius 2 is 1.15 bits per heavy atom. The van der Waals surface area contributed by atoms with Crippen LogP contribution in [0.3, 0.4) is 0 Å². The molecule has 0 aliphatic carbocycles. The van der Waals surface area contributed by atoms with E-state index >= 15 is 0 Å². The van der Waals surface area contributed by atoms with Gasteiger partial charge in [-0.25, -0.2) is 0 Å². The van der Waals surface area contributed by atoms with Crippen molar-refractivity contribution in [1.82, 2.24) is 0 Å². The van der Waals surface area contributed by atoms with E-state index < -0.39 is 15.8 Å². The predicted octanol–water partition coefficient (Wildman–Crippen LogP) is -12.1. The first-order valence-electron chi connectivity index (χ1n) is 1.74. The van der Waals surface area contributed by atoms with Crippen molar-refractivity contribution in [3.05, 3.63) is 0 Å². The molecule has 0 atom stereocenters. The van der Waals surface area contributed by atoms with E-state index in [4.69, 9.17) is 15.1 Å². The number of carbonyl (C=O) groups is 2. The minimum absolute atomic E-state index is 0. The monoisotopic (exact) mass is 342 g/mol. The van der Waals surface area contributed by atoms with Crippen LogP contribution in [0.4, 0.5) is 0 Å². The van der Waals surface area contributed by atoms with Gasteiger partial charge in [0.1, 0.15) is 0 Å². The van der Waals surface area contributed by atoms with Crippen LogP contribution in [-0.4, -0.2) is 15.8 Å². The van der Waals surface area contributed by atoms with Crippen molar-refractivity contribution in [2.45, 2.75) is 0 Å². The summed E-state index contributed by atoms with van der Waals surface area (Å²) in [6, 6.07) is 0. The number of hydrogen-bond acceptors (Lipinski definition) is 5. The van der Waals surface area contributed by atoms with Gasteiger partial charge in [-0.15, -0.1) is 0 Å². The minimum atomic E-state index is -2.92. The fourth-order valence-corrected chi connectivity index (χ4v) is 0. The third kappa shape index (κ3) is 54.6. The molecular weight excluding hydrogens is 342 g/mol. The average Bonchev–Trinajstić information content (AvgIpc) is 1.63. The van der Waals surface area contributed by atoms with Gasteiger partial charge in [0, 0.05) is 38.5 Å². The van der Waals surface area contributed by atoms with Crippen LogP contribution in [0.25, 0.3) is 0 Å². The van der Waals surface area contributed by atoms with Gasteiger partial charge < -0.3 is 15.1 Å². The largest absolute Gasteiger partial charge is 1.00 e. The van der Waals surface area contributed by atoms with Crippen molar-refractivity contribution in [3.63, 3.8) is 0 Å². The molecule has 0 radical (unpaired) electrons. The Morgan fingerprint density at radius 3 is 1.15 bits per heavy atom. The Labute approximate surface area is 134 Å². The maximum absolute atomic E-state index is 9.73. The van der Waals surface area contributed by atoms with E-state index in [2.05, 4.69) is 15.9 Å². The van der Waals surface area contributed by atoms with E-state index in [1.165, 1.54) is 22.6 Å². The number of carbonyl (C=O) groups excluding carboxylic acids is 2. The molecule has 0 saturated carbocycles. The maximum Gasteiger partial charge on any atom is 1.00 e. The summed E-state index contributed by atoms with van der Waals surface area (Å²) in [5.41, 5.74) is 0. The van der Waals surface area contributed by atoms with Crippen molar-refractivity contribution in [2.75, 3.05) is 0 Å². The molecule has 0 rings (SSSR count). The van der Waals surface area contributed by atoms with E-state index in [0.717, 1.165) is 0 Å². The summed E-state index contributed by atoms with van der Waals surface area (Å²) in [4.78, 5) is 19.4. The molecule has 13 heavy (non-hydrogen) atoms. The number of rotatable bonds is 1. The van der Waals surface area contributed by atoms with Crippen LogP contribution in [0.1, 0.15) is 0 Å². The van der Waals surface area contributed by atoms with E-state index in [0.29, 0.717) is 0 Å². The second kappa shape index (κ2) is 19.8. The molecule has 0 aliphatic heterocycles. The molecule has 0 aromatic heterocycles. The van der Waals surface area contributed by atoms with Crippen LogP contribution in [0, 0.1) is 0 Å². The van der Waals surface area contributed by atoms with Gasteiger partial charge in [0.15, 0.2) is 0 Å². The fourth-order valence-electron chi connectivity index (χ4n) is 0. The fraction of sp³-hybridized carbons (Fsp3) is 0. The molecular formula is C2BBrILi3O5. The first-order valence-corrected chi connectivity index (χ1v) is 3.62. The van der Waals surface area contributed by atoms with Crippen LogP contribution >= 0.6 is 38.5 Å². The summed E-state index contributed by atoms with van der Waals surface area (Å²) in [5.74, 6) is 0. The minimum Gasteiger partial charge on any atom is -0.907 e. The molecule has 5 nitrogen and oxygen atoms in total. The van der Waals surface area contributed by atoms with Crippen molar-refractivity contribution in [2.24, 2.45) is 0 Å². The van der Waals surface area contributed by atoms with Crippen molar-refractivity contribution >= 4 is 54.3 Å². The van der Waals surface area contributed by atoms with Crippen LogP contribution in [0.5, 0.6) is 0 Å². The first kappa shape index (κ1) is 29.5. The Balaban J connectivity index is -0.0000000279. The zero-order valence-corrected chi connectivity index (χ0v) is 11.1. The van der Waals surface area contributed by atoms with E-state index in [1.54, 1.807) is 0 Å². The van der Waals surface area contributed by atoms with Gasteiger partial charge in [-0.1, -0.05) is 0 Å². The molecule has 0 heterocycles. The van der Waals surface area contributed by atoms with Crippen LogP contribution in [0.2, 0.25) is 0 Å². The topological polar surface area (TPSA) is 103 Å². The van der Waals surface area contributed by atoms with Gasteiger partial charge >= 0.3 is 56.6 Å². The quantitative estimate of drug-likeness (QED) is 0.204. The molecule has 11 heteroatoms. The predicted molar refractivity (Wildman–Crippen MR) is 38.7 cm³/mol. The summed E-state index contributed by atoms with van der Waals surface area (Å²) >= 11 is 3.84. The third-order valence-electron chi connectivity index (χ3n) is 0.155. The van der Waals surface area contributed by atoms with Gasteiger partial charge in [0.25, 0.3) is 8.48 Å². The van der Waals surface area contributed by atoms with E-state index in [9.17, 15) is 9.59 Å². The second-order valence-corrected chi connectivity index (χ2v) is 2.54.